The largest absolute Gasteiger partial charge is 0.377 e. The zero-order valence-corrected chi connectivity index (χ0v) is 15.3. The summed E-state index contributed by atoms with van der Waals surface area (Å²) in [6, 6.07) is 7.42. The maximum absolute atomic E-state index is 12.7. The number of amides is 1. The Labute approximate surface area is 157 Å². The van der Waals surface area contributed by atoms with Gasteiger partial charge in [0.2, 0.25) is 5.91 Å². The third-order valence-electron chi connectivity index (χ3n) is 6.76. The summed E-state index contributed by atoms with van der Waals surface area (Å²) in [7, 11) is 0. The molecule has 4 atom stereocenters. The van der Waals surface area contributed by atoms with Crippen molar-refractivity contribution in [2.75, 3.05) is 6.61 Å². The van der Waals surface area contributed by atoms with Gasteiger partial charge in [-0.3, -0.25) is 14.2 Å². The molecule has 1 aliphatic heterocycles. The molecule has 1 saturated heterocycles. The normalized spacial score (nSPS) is 30.2. The molecule has 2 aliphatic carbocycles. The summed E-state index contributed by atoms with van der Waals surface area (Å²) in [4.78, 5) is 29.6. The molecule has 5 rings (SSSR count). The van der Waals surface area contributed by atoms with E-state index in [1.807, 2.05) is 18.2 Å². The van der Waals surface area contributed by atoms with Crippen molar-refractivity contribution >= 4 is 16.8 Å². The summed E-state index contributed by atoms with van der Waals surface area (Å²) < 4.78 is 7.36. The molecule has 0 unspecified atom stereocenters. The van der Waals surface area contributed by atoms with Crippen molar-refractivity contribution in [2.24, 2.45) is 17.8 Å². The van der Waals surface area contributed by atoms with Gasteiger partial charge >= 0.3 is 0 Å². The van der Waals surface area contributed by atoms with Gasteiger partial charge in [0.05, 0.1) is 23.3 Å². The van der Waals surface area contributed by atoms with Crippen LogP contribution in [0.15, 0.2) is 35.4 Å². The van der Waals surface area contributed by atoms with Gasteiger partial charge < -0.3 is 10.1 Å². The minimum Gasteiger partial charge on any atom is -0.377 e. The van der Waals surface area contributed by atoms with Crippen molar-refractivity contribution in [3.63, 3.8) is 0 Å². The molecule has 1 amide bonds. The number of aromatic nitrogens is 2. The highest BCUT2D eigenvalue weighted by molar-refractivity contribution is 5.79. The number of nitrogens with one attached hydrogen (secondary N) is 1. The van der Waals surface area contributed by atoms with Crippen molar-refractivity contribution < 1.29 is 9.53 Å². The second kappa shape index (κ2) is 6.75. The number of benzene rings is 1. The molecule has 2 heterocycles. The van der Waals surface area contributed by atoms with Crippen LogP contribution in [0.25, 0.3) is 10.9 Å². The Morgan fingerprint density at radius 1 is 1.22 bits per heavy atom. The zero-order valence-electron chi connectivity index (χ0n) is 15.3. The third-order valence-corrected chi connectivity index (χ3v) is 6.76. The molecule has 142 valence electrons. The smallest absolute Gasteiger partial charge is 0.261 e. The predicted octanol–water partition coefficient (Wildman–Crippen LogP) is 2.11. The Morgan fingerprint density at radius 2 is 2.04 bits per heavy atom. The maximum Gasteiger partial charge on any atom is 0.261 e. The van der Waals surface area contributed by atoms with E-state index in [9.17, 15) is 9.59 Å². The Balaban J connectivity index is 1.31. The van der Waals surface area contributed by atoms with Crippen LogP contribution in [0.1, 0.15) is 32.1 Å². The fraction of sp³-hybridized carbons (Fsp3) is 0.571. The number of fused-ring (bicyclic) bond motifs is 2. The van der Waals surface area contributed by atoms with Gasteiger partial charge in [-0.25, -0.2) is 4.98 Å². The lowest BCUT2D eigenvalue weighted by atomic mass is 9.61. The first-order valence-electron chi connectivity index (χ1n) is 10.1. The first-order valence-corrected chi connectivity index (χ1v) is 10.1. The number of carbonyl (C=O) groups excluding carboxylic acids is 1. The molecule has 3 aliphatic rings. The lowest BCUT2D eigenvalue weighted by Gasteiger charge is -2.50. The molecule has 2 aromatic rings. The van der Waals surface area contributed by atoms with Crippen LogP contribution in [0.4, 0.5) is 0 Å². The van der Waals surface area contributed by atoms with Crippen LogP contribution >= 0.6 is 0 Å². The highest BCUT2D eigenvalue weighted by Gasteiger charge is 2.56. The van der Waals surface area contributed by atoms with Gasteiger partial charge in [-0.1, -0.05) is 37.8 Å². The third kappa shape index (κ3) is 2.87. The van der Waals surface area contributed by atoms with E-state index in [-0.39, 0.29) is 24.1 Å². The zero-order chi connectivity index (χ0) is 18.4. The lowest BCUT2D eigenvalue weighted by Crippen LogP contribution is -2.63. The molecular weight excluding hydrogens is 342 g/mol. The van der Waals surface area contributed by atoms with Crippen LogP contribution in [-0.2, 0) is 16.1 Å². The fourth-order valence-electron chi connectivity index (χ4n) is 5.46. The molecule has 0 spiro atoms. The van der Waals surface area contributed by atoms with E-state index in [0.717, 1.165) is 13.0 Å². The molecule has 0 radical (unpaired) electrons. The van der Waals surface area contributed by atoms with E-state index < -0.39 is 0 Å². The first kappa shape index (κ1) is 16.9. The highest BCUT2D eigenvalue weighted by Crippen LogP contribution is 2.51. The topological polar surface area (TPSA) is 73.2 Å². The summed E-state index contributed by atoms with van der Waals surface area (Å²) in [6.07, 6.45) is 7.89. The molecule has 1 aromatic heterocycles. The minimum atomic E-state index is -0.168. The number of ether oxygens (including phenoxy) is 1. The van der Waals surface area contributed by atoms with Crippen molar-refractivity contribution in [3.8, 4) is 0 Å². The number of carbonyl (C=O) groups is 1. The average Bonchev–Trinajstić information content (AvgIpc) is 3.33. The Bertz CT molecular complexity index is 914. The number of para-hydroxylation sites is 1. The molecular formula is C21H25N3O3. The Kier molecular flexibility index (Phi) is 4.23. The second-order valence-electron chi connectivity index (χ2n) is 8.20. The summed E-state index contributed by atoms with van der Waals surface area (Å²) in [5, 5.41) is 3.78. The van der Waals surface area contributed by atoms with Gasteiger partial charge in [-0.2, -0.15) is 0 Å². The minimum absolute atomic E-state index is 0.0167. The van der Waals surface area contributed by atoms with E-state index in [0.29, 0.717) is 34.8 Å². The molecule has 1 N–H and O–H groups in total. The van der Waals surface area contributed by atoms with Crippen molar-refractivity contribution in [1.82, 2.24) is 14.9 Å². The molecule has 3 fully saturated rings. The van der Waals surface area contributed by atoms with E-state index in [1.165, 1.54) is 36.6 Å². The molecule has 6 nitrogen and oxygen atoms in total. The molecule has 6 heteroatoms. The van der Waals surface area contributed by atoms with Gasteiger partial charge in [0.1, 0.15) is 6.54 Å². The number of nitrogens with zero attached hydrogens (tertiary/aromatic N) is 2. The molecule has 0 bridgehead atoms. The van der Waals surface area contributed by atoms with Crippen LogP contribution < -0.4 is 10.9 Å². The SMILES string of the molecule is O=C(Cn1cnc2ccccc2c1=O)N[C@@H]1[C@@H]2CCO[C@@H]2[C@@H]1C1CCCC1. The van der Waals surface area contributed by atoms with Crippen LogP contribution in [0.2, 0.25) is 0 Å². The van der Waals surface area contributed by atoms with E-state index in [4.69, 9.17) is 4.74 Å². The first-order chi connectivity index (χ1) is 13.2. The average molecular weight is 367 g/mol. The lowest BCUT2D eigenvalue weighted by molar-refractivity contribution is -0.130. The monoisotopic (exact) mass is 367 g/mol. The van der Waals surface area contributed by atoms with E-state index in [2.05, 4.69) is 10.3 Å². The van der Waals surface area contributed by atoms with Gasteiger partial charge in [0.25, 0.3) is 5.56 Å². The van der Waals surface area contributed by atoms with E-state index >= 15 is 0 Å². The second-order valence-corrected chi connectivity index (χ2v) is 8.20. The number of hydrogen-bond donors (Lipinski definition) is 1. The highest BCUT2D eigenvalue weighted by atomic mass is 16.5. The van der Waals surface area contributed by atoms with Crippen LogP contribution in [0, 0.1) is 17.8 Å². The quantitative estimate of drug-likeness (QED) is 0.898. The maximum atomic E-state index is 12.7. The Morgan fingerprint density at radius 3 is 2.89 bits per heavy atom. The van der Waals surface area contributed by atoms with Gasteiger partial charge in [0, 0.05) is 24.5 Å². The molecule has 27 heavy (non-hydrogen) atoms. The Hall–Kier alpha value is -2.21. The number of hydrogen-bond acceptors (Lipinski definition) is 4. The summed E-state index contributed by atoms with van der Waals surface area (Å²) >= 11 is 0. The fourth-order valence-corrected chi connectivity index (χ4v) is 5.46. The van der Waals surface area contributed by atoms with E-state index in [1.54, 1.807) is 6.07 Å². The summed E-state index contributed by atoms with van der Waals surface area (Å²) in [6.45, 7) is 0.821. The summed E-state index contributed by atoms with van der Waals surface area (Å²) in [5.41, 5.74) is 0.490. The molecule has 2 saturated carbocycles. The van der Waals surface area contributed by atoms with Crippen LogP contribution in [-0.4, -0.2) is 34.2 Å². The van der Waals surface area contributed by atoms with Gasteiger partial charge in [-0.15, -0.1) is 0 Å². The standard InChI is InChI=1S/C21H25N3O3/c25-17(11-24-12-22-16-8-4-3-7-14(16)21(24)26)23-19-15-9-10-27-20(15)18(19)13-5-1-2-6-13/h3-4,7-8,12-13,15,18-20H,1-2,5-6,9-11H2,(H,23,25)/t15-,18+,19+,20-/m0/s1. The van der Waals surface area contributed by atoms with Crippen LogP contribution in [0.5, 0.6) is 0 Å². The van der Waals surface area contributed by atoms with Crippen molar-refractivity contribution in [3.05, 3.63) is 40.9 Å². The van der Waals surface area contributed by atoms with Crippen molar-refractivity contribution in [2.45, 2.75) is 50.8 Å². The van der Waals surface area contributed by atoms with Crippen LogP contribution in [0.3, 0.4) is 0 Å². The number of rotatable bonds is 4. The van der Waals surface area contributed by atoms with Crippen molar-refractivity contribution in [1.29, 1.82) is 0 Å². The van der Waals surface area contributed by atoms with Gasteiger partial charge in [0.15, 0.2) is 0 Å². The van der Waals surface area contributed by atoms with Gasteiger partial charge in [-0.05, 0) is 24.5 Å². The predicted molar refractivity (Wildman–Crippen MR) is 101 cm³/mol. The summed E-state index contributed by atoms with van der Waals surface area (Å²) in [5.74, 6) is 1.44. The molecule has 1 aromatic carbocycles.